The summed E-state index contributed by atoms with van der Waals surface area (Å²) < 4.78 is 11.5. The lowest BCUT2D eigenvalue weighted by Gasteiger charge is -2.42. The van der Waals surface area contributed by atoms with Gasteiger partial charge in [-0.3, -0.25) is 14.5 Å². The molecule has 1 fully saturated rings. The van der Waals surface area contributed by atoms with E-state index in [1.54, 1.807) is 7.11 Å². The van der Waals surface area contributed by atoms with Crippen molar-refractivity contribution in [3.8, 4) is 5.75 Å². The predicted octanol–water partition coefficient (Wildman–Crippen LogP) is 4.77. The number of aryl methyl sites for hydroxylation is 1. The molecule has 2 heterocycles. The number of nitrogens with zero attached hydrogens (tertiary/aromatic N) is 2. The molecule has 2 aromatic carbocycles. The first-order valence-electron chi connectivity index (χ1n) is 12.6. The Kier molecular flexibility index (Phi) is 7.85. The van der Waals surface area contributed by atoms with Gasteiger partial charge in [0.1, 0.15) is 11.4 Å². The second-order valence-electron chi connectivity index (χ2n) is 10.3. The molecule has 0 saturated carbocycles. The Bertz CT molecular complexity index is 1080. The summed E-state index contributed by atoms with van der Waals surface area (Å²) in [4.78, 5) is 32.8. The van der Waals surface area contributed by atoms with Crippen molar-refractivity contribution in [3.63, 3.8) is 0 Å². The molecule has 194 valence electrons. The standard InChI is InChI=1S/C28H37N3O5/c1-28(2,3)36-27(33)30-15-9-12-22(26(30)19-10-7-6-8-11-19)29-18-21-16-23-20(17-24(21)34-4)13-14-25(32)31(23)35-5/h6-8,10-11,16-17,22,26,29H,9,12-15,18H2,1-5H3/t22-,26-/m0/s1. The van der Waals surface area contributed by atoms with E-state index in [0.717, 1.165) is 41.0 Å². The number of nitrogens with one attached hydrogen (secondary N) is 1. The number of rotatable bonds is 6. The molecule has 0 spiro atoms. The number of piperidine rings is 1. The Morgan fingerprint density at radius 2 is 1.86 bits per heavy atom. The van der Waals surface area contributed by atoms with Crippen LogP contribution in [-0.4, -0.2) is 49.3 Å². The van der Waals surface area contributed by atoms with Crippen LogP contribution in [0.1, 0.15) is 62.8 Å². The monoisotopic (exact) mass is 495 g/mol. The van der Waals surface area contributed by atoms with Gasteiger partial charge in [0.05, 0.1) is 25.9 Å². The summed E-state index contributed by atoms with van der Waals surface area (Å²) in [6, 6.07) is 13.9. The van der Waals surface area contributed by atoms with Crippen molar-refractivity contribution in [2.24, 2.45) is 0 Å². The molecule has 8 heteroatoms. The average Bonchev–Trinajstić information content (AvgIpc) is 2.86. The lowest BCUT2D eigenvalue weighted by Crippen LogP contribution is -2.51. The molecule has 8 nitrogen and oxygen atoms in total. The molecule has 1 N–H and O–H groups in total. The maximum Gasteiger partial charge on any atom is 0.410 e. The third-order valence-electron chi connectivity index (χ3n) is 6.67. The van der Waals surface area contributed by atoms with Crippen LogP contribution < -0.4 is 15.1 Å². The second-order valence-corrected chi connectivity index (χ2v) is 10.3. The molecular formula is C28H37N3O5. The molecule has 0 aromatic heterocycles. The number of hydrogen-bond donors (Lipinski definition) is 1. The van der Waals surface area contributed by atoms with E-state index in [4.69, 9.17) is 14.3 Å². The first kappa shape index (κ1) is 26.0. The van der Waals surface area contributed by atoms with Gasteiger partial charge in [-0.15, -0.1) is 0 Å². The number of ether oxygens (including phenoxy) is 2. The molecule has 0 unspecified atom stereocenters. The van der Waals surface area contributed by atoms with Crippen molar-refractivity contribution in [2.45, 2.75) is 70.7 Å². The van der Waals surface area contributed by atoms with Gasteiger partial charge in [-0.2, -0.15) is 5.06 Å². The van der Waals surface area contributed by atoms with E-state index < -0.39 is 5.60 Å². The third kappa shape index (κ3) is 5.65. The number of fused-ring (bicyclic) bond motifs is 1. The molecule has 2 aliphatic heterocycles. The summed E-state index contributed by atoms with van der Waals surface area (Å²) in [5.41, 5.74) is 3.20. The maximum absolute atomic E-state index is 13.2. The normalized spacial score (nSPS) is 20.2. The van der Waals surface area contributed by atoms with Crippen LogP contribution in [0.2, 0.25) is 0 Å². The molecule has 2 atom stereocenters. The number of carbonyl (C=O) groups excluding carboxylic acids is 2. The summed E-state index contributed by atoms with van der Waals surface area (Å²) in [5, 5.41) is 5.05. The van der Waals surface area contributed by atoms with Gasteiger partial charge in [-0.1, -0.05) is 30.3 Å². The van der Waals surface area contributed by atoms with Crippen molar-refractivity contribution in [1.82, 2.24) is 10.2 Å². The topological polar surface area (TPSA) is 80.3 Å². The minimum atomic E-state index is -0.570. The quantitative estimate of drug-likeness (QED) is 0.622. The highest BCUT2D eigenvalue weighted by Gasteiger charge is 2.37. The highest BCUT2D eigenvalue weighted by Crippen LogP contribution is 2.36. The van der Waals surface area contributed by atoms with E-state index in [1.807, 2.05) is 56.0 Å². The fourth-order valence-electron chi connectivity index (χ4n) is 5.09. The molecule has 1 saturated heterocycles. The van der Waals surface area contributed by atoms with Crippen LogP contribution in [0.3, 0.4) is 0 Å². The van der Waals surface area contributed by atoms with Crippen LogP contribution >= 0.6 is 0 Å². The first-order valence-corrected chi connectivity index (χ1v) is 12.6. The zero-order valence-corrected chi connectivity index (χ0v) is 21.9. The van der Waals surface area contributed by atoms with Crippen LogP contribution in [0.25, 0.3) is 0 Å². The van der Waals surface area contributed by atoms with Crippen molar-refractivity contribution in [1.29, 1.82) is 0 Å². The van der Waals surface area contributed by atoms with Gasteiger partial charge >= 0.3 is 6.09 Å². The number of hydroxylamine groups is 1. The number of anilines is 1. The smallest absolute Gasteiger partial charge is 0.410 e. The van der Waals surface area contributed by atoms with E-state index in [2.05, 4.69) is 17.4 Å². The SMILES string of the molecule is COc1cc2c(cc1CN[C@H]1CCCN(C(=O)OC(C)(C)C)[C@H]1c1ccccc1)N(OC)C(=O)CC2. The summed E-state index contributed by atoms with van der Waals surface area (Å²) >= 11 is 0. The lowest BCUT2D eigenvalue weighted by atomic mass is 9.90. The van der Waals surface area contributed by atoms with Crippen LogP contribution in [0, 0.1) is 0 Å². The second kappa shape index (κ2) is 10.9. The molecule has 2 aliphatic rings. The highest BCUT2D eigenvalue weighted by molar-refractivity contribution is 5.94. The van der Waals surface area contributed by atoms with Crippen molar-refractivity contribution < 1.29 is 23.9 Å². The molecule has 0 aliphatic carbocycles. The largest absolute Gasteiger partial charge is 0.496 e. The van der Waals surface area contributed by atoms with Gasteiger partial charge < -0.3 is 14.8 Å². The summed E-state index contributed by atoms with van der Waals surface area (Å²) in [7, 11) is 3.16. The fourth-order valence-corrected chi connectivity index (χ4v) is 5.09. The Balaban J connectivity index is 1.61. The van der Waals surface area contributed by atoms with E-state index in [9.17, 15) is 9.59 Å². The minimum Gasteiger partial charge on any atom is -0.496 e. The number of amides is 2. The van der Waals surface area contributed by atoms with Gasteiger partial charge in [-0.05, 0) is 63.3 Å². The van der Waals surface area contributed by atoms with E-state index in [-0.39, 0.29) is 24.1 Å². The third-order valence-corrected chi connectivity index (χ3v) is 6.67. The fraction of sp³-hybridized carbons (Fsp3) is 0.500. The number of hydrogen-bond acceptors (Lipinski definition) is 6. The van der Waals surface area contributed by atoms with Gasteiger partial charge in [0.2, 0.25) is 0 Å². The Morgan fingerprint density at radius 3 is 2.53 bits per heavy atom. The molecule has 4 rings (SSSR count). The Morgan fingerprint density at radius 1 is 1.11 bits per heavy atom. The highest BCUT2D eigenvalue weighted by atomic mass is 16.7. The molecule has 0 radical (unpaired) electrons. The molecule has 2 amide bonds. The summed E-state index contributed by atoms with van der Waals surface area (Å²) in [5.74, 6) is 0.709. The Labute approximate surface area is 213 Å². The van der Waals surface area contributed by atoms with Gasteiger partial charge in [0, 0.05) is 31.1 Å². The zero-order chi connectivity index (χ0) is 25.9. The predicted molar refractivity (Wildman–Crippen MR) is 138 cm³/mol. The van der Waals surface area contributed by atoms with Crippen LogP contribution in [0.4, 0.5) is 10.5 Å². The molecular weight excluding hydrogens is 458 g/mol. The van der Waals surface area contributed by atoms with Crippen molar-refractivity contribution in [2.75, 3.05) is 25.8 Å². The van der Waals surface area contributed by atoms with Crippen LogP contribution in [-0.2, 0) is 27.3 Å². The number of methoxy groups -OCH3 is 1. The van der Waals surface area contributed by atoms with Crippen LogP contribution in [0.5, 0.6) is 5.75 Å². The zero-order valence-electron chi connectivity index (χ0n) is 21.9. The molecule has 0 bridgehead atoms. The summed E-state index contributed by atoms with van der Waals surface area (Å²) in [6.45, 7) is 6.81. The summed E-state index contributed by atoms with van der Waals surface area (Å²) in [6.07, 6.45) is 2.54. The number of likely N-dealkylation sites (tertiary alicyclic amines) is 1. The maximum atomic E-state index is 13.2. The minimum absolute atomic E-state index is 0.00886. The first-order chi connectivity index (χ1) is 17.2. The van der Waals surface area contributed by atoms with Gasteiger partial charge in [0.15, 0.2) is 0 Å². The average molecular weight is 496 g/mol. The van der Waals surface area contributed by atoms with Crippen molar-refractivity contribution in [3.05, 3.63) is 59.2 Å². The van der Waals surface area contributed by atoms with Gasteiger partial charge in [0.25, 0.3) is 5.91 Å². The molecule has 2 aromatic rings. The lowest BCUT2D eigenvalue weighted by molar-refractivity contribution is -0.125. The van der Waals surface area contributed by atoms with Gasteiger partial charge in [-0.25, -0.2) is 4.79 Å². The number of carbonyl (C=O) groups is 2. The Hall–Kier alpha value is -3.10. The van der Waals surface area contributed by atoms with E-state index in [0.29, 0.717) is 25.9 Å². The van der Waals surface area contributed by atoms with Crippen LogP contribution in [0.15, 0.2) is 42.5 Å². The van der Waals surface area contributed by atoms with Crippen molar-refractivity contribution >= 4 is 17.7 Å². The van der Waals surface area contributed by atoms with E-state index in [1.165, 1.54) is 12.2 Å². The number of benzene rings is 2. The molecule has 36 heavy (non-hydrogen) atoms. The van der Waals surface area contributed by atoms with E-state index >= 15 is 0 Å².